The van der Waals surface area contributed by atoms with Crippen molar-refractivity contribution in [3.63, 3.8) is 0 Å². The lowest BCUT2D eigenvalue weighted by Gasteiger charge is -2.19. The number of amides is 1. The van der Waals surface area contributed by atoms with Crippen LogP contribution in [-0.2, 0) is 5.75 Å². The van der Waals surface area contributed by atoms with E-state index >= 15 is 0 Å². The van der Waals surface area contributed by atoms with Gasteiger partial charge in [0, 0.05) is 17.9 Å². The molecule has 0 atom stereocenters. The SMILES string of the molecule is Cc1ccc(CSC2=NCCN2C(=O)c2cccc3ccccc23)cc1. The Kier molecular flexibility index (Phi) is 4.76. The third-order valence-corrected chi connectivity index (χ3v) is 5.64. The Bertz CT molecular complexity index is 974. The van der Waals surface area contributed by atoms with Crippen LogP contribution in [0.4, 0.5) is 0 Å². The van der Waals surface area contributed by atoms with Crippen LogP contribution in [0, 0.1) is 6.92 Å². The number of hydrogen-bond donors (Lipinski definition) is 0. The number of amidine groups is 1. The summed E-state index contributed by atoms with van der Waals surface area (Å²) < 4.78 is 0. The van der Waals surface area contributed by atoms with Gasteiger partial charge in [0.2, 0.25) is 0 Å². The molecule has 0 N–H and O–H groups in total. The lowest BCUT2D eigenvalue weighted by atomic mass is 10.0. The van der Waals surface area contributed by atoms with Gasteiger partial charge in [-0.2, -0.15) is 0 Å². The van der Waals surface area contributed by atoms with E-state index in [0.29, 0.717) is 13.1 Å². The van der Waals surface area contributed by atoms with Gasteiger partial charge in [0.1, 0.15) is 0 Å². The highest BCUT2D eigenvalue weighted by molar-refractivity contribution is 8.13. The van der Waals surface area contributed by atoms with Crippen molar-refractivity contribution in [2.45, 2.75) is 12.7 Å². The molecule has 0 bridgehead atoms. The first-order valence-corrected chi connectivity index (χ1v) is 9.73. The van der Waals surface area contributed by atoms with Crippen LogP contribution in [0.25, 0.3) is 10.8 Å². The molecule has 0 fully saturated rings. The molecule has 0 saturated heterocycles. The fourth-order valence-electron chi connectivity index (χ4n) is 3.13. The molecular weight excluding hydrogens is 340 g/mol. The van der Waals surface area contributed by atoms with Gasteiger partial charge in [0.05, 0.1) is 6.54 Å². The van der Waals surface area contributed by atoms with Gasteiger partial charge in [-0.15, -0.1) is 0 Å². The lowest BCUT2D eigenvalue weighted by molar-refractivity contribution is 0.0862. The summed E-state index contributed by atoms with van der Waals surface area (Å²) in [6.07, 6.45) is 0. The second-order valence-electron chi connectivity index (χ2n) is 6.42. The number of fused-ring (bicyclic) bond motifs is 1. The van der Waals surface area contributed by atoms with Crippen molar-refractivity contribution in [2.24, 2.45) is 4.99 Å². The molecule has 130 valence electrons. The Hall–Kier alpha value is -2.59. The Morgan fingerprint density at radius 3 is 2.65 bits per heavy atom. The number of benzene rings is 3. The molecule has 1 aliphatic heterocycles. The minimum atomic E-state index is 0.0365. The minimum Gasteiger partial charge on any atom is -0.286 e. The third-order valence-electron chi connectivity index (χ3n) is 4.56. The van der Waals surface area contributed by atoms with Crippen LogP contribution >= 0.6 is 11.8 Å². The molecule has 1 aliphatic rings. The van der Waals surface area contributed by atoms with Gasteiger partial charge in [0.15, 0.2) is 5.17 Å². The standard InChI is InChI=1S/C22H20N2OS/c1-16-9-11-17(12-10-16)15-26-22-23-13-14-24(22)21(25)20-8-4-6-18-5-2-3-7-19(18)20/h2-12H,13-15H2,1H3. The molecule has 1 heterocycles. The molecule has 4 heteroatoms. The predicted octanol–water partition coefficient (Wildman–Crippen LogP) is 4.89. The van der Waals surface area contributed by atoms with Gasteiger partial charge < -0.3 is 0 Å². The van der Waals surface area contributed by atoms with Crippen LogP contribution in [0.5, 0.6) is 0 Å². The molecule has 0 aromatic heterocycles. The van der Waals surface area contributed by atoms with Gasteiger partial charge in [-0.3, -0.25) is 14.7 Å². The number of nitrogens with zero attached hydrogens (tertiary/aromatic N) is 2. The van der Waals surface area contributed by atoms with E-state index in [1.165, 1.54) is 11.1 Å². The van der Waals surface area contributed by atoms with Crippen LogP contribution in [0.3, 0.4) is 0 Å². The molecule has 1 amide bonds. The zero-order valence-electron chi connectivity index (χ0n) is 14.7. The van der Waals surface area contributed by atoms with Gasteiger partial charge in [0.25, 0.3) is 5.91 Å². The van der Waals surface area contributed by atoms with E-state index in [1.807, 2.05) is 47.4 Å². The molecule has 3 aromatic rings. The average molecular weight is 360 g/mol. The van der Waals surface area contributed by atoms with Gasteiger partial charge in [-0.25, -0.2) is 0 Å². The van der Waals surface area contributed by atoms with Gasteiger partial charge in [-0.1, -0.05) is 78.0 Å². The van der Waals surface area contributed by atoms with Crippen molar-refractivity contribution >= 4 is 33.6 Å². The fourth-order valence-corrected chi connectivity index (χ4v) is 4.13. The van der Waals surface area contributed by atoms with Crippen molar-refractivity contribution in [2.75, 3.05) is 13.1 Å². The summed E-state index contributed by atoms with van der Waals surface area (Å²) in [5.41, 5.74) is 3.24. The quantitative estimate of drug-likeness (QED) is 0.666. The molecule has 0 aliphatic carbocycles. The summed E-state index contributed by atoms with van der Waals surface area (Å²) >= 11 is 1.63. The second-order valence-corrected chi connectivity index (χ2v) is 7.36. The summed E-state index contributed by atoms with van der Waals surface area (Å²) in [4.78, 5) is 19.5. The maximum Gasteiger partial charge on any atom is 0.260 e. The second kappa shape index (κ2) is 7.34. The van der Waals surface area contributed by atoms with E-state index in [9.17, 15) is 4.79 Å². The number of rotatable bonds is 3. The highest BCUT2D eigenvalue weighted by Crippen LogP contribution is 2.25. The molecule has 0 saturated carbocycles. The van der Waals surface area contributed by atoms with Gasteiger partial charge in [-0.05, 0) is 29.3 Å². The highest BCUT2D eigenvalue weighted by atomic mass is 32.2. The minimum absolute atomic E-state index is 0.0365. The Morgan fingerprint density at radius 1 is 1.04 bits per heavy atom. The Balaban J connectivity index is 1.53. The van der Waals surface area contributed by atoms with Crippen LogP contribution in [0.2, 0.25) is 0 Å². The van der Waals surface area contributed by atoms with E-state index in [0.717, 1.165) is 27.3 Å². The fraction of sp³-hybridized carbons (Fsp3) is 0.182. The van der Waals surface area contributed by atoms with Crippen molar-refractivity contribution in [1.82, 2.24) is 4.90 Å². The smallest absolute Gasteiger partial charge is 0.260 e. The monoisotopic (exact) mass is 360 g/mol. The Labute approximate surface area is 157 Å². The van der Waals surface area contributed by atoms with E-state index in [2.05, 4.69) is 36.2 Å². The molecule has 0 radical (unpaired) electrons. The van der Waals surface area contributed by atoms with Gasteiger partial charge >= 0.3 is 0 Å². The maximum absolute atomic E-state index is 13.2. The first kappa shape index (κ1) is 16.9. The molecule has 3 aromatic carbocycles. The lowest BCUT2D eigenvalue weighted by Crippen LogP contribution is -2.33. The molecule has 4 rings (SSSR count). The normalized spacial score (nSPS) is 13.9. The van der Waals surface area contributed by atoms with E-state index in [4.69, 9.17) is 0 Å². The number of aryl methyl sites for hydroxylation is 1. The largest absolute Gasteiger partial charge is 0.286 e. The summed E-state index contributed by atoms with van der Waals surface area (Å²) in [5, 5.41) is 2.90. The molecule has 26 heavy (non-hydrogen) atoms. The third kappa shape index (κ3) is 3.37. The van der Waals surface area contributed by atoms with Crippen LogP contribution < -0.4 is 0 Å². The first-order valence-electron chi connectivity index (χ1n) is 8.75. The molecular formula is C22H20N2OS. The van der Waals surface area contributed by atoms with Crippen LogP contribution in [0.1, 0.15) is 21.5 Å². The first-order chi connectivity index (χ1) is 12.7. The average Bonchev–Trinajstić information content (AvgIpc) is 3.15. The predicted molar refractivity (Wildman–Crippen MR) is 110 cm³/mol. The summed E-state index contributed by atoms with van der Waals surface area (Å²) in [6.45, 7) is 3.41. The number of thioether (sulfide) groups is 1. The van der Waals surface area contributed by atoms with Crippen LogP contribution in [0.15, 0.2) is 71.7 Å². The summed E-state index contributed by atoms with van der Waals surface area (Å²) in [5.74, 6) is 0.854. The number of hydrogen-bond acceptors (Lipinski definition) is 3. The number of carbonyl (C=O) groups is 1. The number of carbonyl (C=O) groups excluding carboxylic acids is 1. The molecule has 3 nitrogen and oxygen atoms in total. The van der Waals surface area contributed by atoms with Crippen molar-refractivity contribution < 1.29 is 4.79 Å². The van der Waals surface area contributed by atoms with Crippen molar-refractivity contribution in [3.05, 3.63) is 83.4 Å². The van der Waals surface area contributed by atoms with Crippen LogP contribution in [-0.4, -0.2) is 29.1 Å². The molecule has 0 spiro atoms. The maximum atomic E-state index is 13.2. The van der Waals surface area contributed by atoms with E-state index < -0.39 is 0 Å². The Morgan fingerprint density at radius 2 is 1.81 bits per heavy atom. The van der Waals surface area contributed by atoms with E-state index in [-0.39, 0.29) is 5.91 Å². The van der Waals surface area contributed by atoms with E-state index in [1.54, 1.807) is 11.8 Å². The van der Waals surface area contributed by atoms with Crippen molar-refractivity contribution in [1.29, 1.82) is 0 Å². The highest BCUT2D eigenvalue weighted by Gasteiger charge is 2.26. The molecule has 0 unspecified atom stereocenters. The zero-order chi connectivity index (χ0) is 17.9. The van der Waals surface area contributed by atoms with Crippen molar-refractivity contribution in [3.8, 4) is 0 Å². The summed E-state index contributed by atoms with van der Waals surface area (Å²) in [7, 11) is 0. The topological polar surface area (TPSA) is 32.7 Å². The zero-order valence-corrected chi connectivity index (χ0v) is 15.5. The number of aliphatic imine (C=N–C) groups is 1. The summed E-state index contributed by atoms with van der Waals surface area (Å²) in [6, 6.07) is 22.4.